The summed E-state index contributed by atoms with van der Waals surface area (Å²) in [7, 11) is 0. The summed E-state index contributed by atoms with van der Waals surface area (Å²) in [6.07, 6.45) is 0.593. The molecule has 0 rings (SSSR count). The van der Waals surface area contributed by atoms with Crippen molar-refractivity contribution in [3.63, 3.8) is 0 Å². The van der Waals surface area contributed by atoms with Crippen LogP contribution in [0.5, 0.6) is 0 Å². The van der Waals surface area contributed by atoms with Gasteiger partial charge in [-0.15, -0.1) is 0 Å². The Labute approximate surface area is 128 Å². The highest BCUT2D eigenvalue weighted by atomic mass is 16.5. The zero-order valence-corrected chi connectivity index (χ0v) is 14.4. The predicted octanol–water partition coefficient (Wildman–Crippen LogP) is 3.10. The van der Waals surface area contributed by atoms with E-state index in [0.29, 0.717) is 19.6 Å². The van der Waals surface area contributed by atoms with Crippen LogP contribution in [0.2, 0.25) is 0 Å². The van der Waals surface area contributed by atoms with E-state index in [0.717, 1.165) is 0 Å². The lowest BCUT2D eigenvalue weighted by molar-refractivity contribution is -0.159. The summed E-state index contributed by atoms with van der Waals surface area (Å²) in [5.74, 6) is -0.509. The maximum absolute atomic E-state index is 11.8. The van der Waals surface area contributed by atoms with Crippen LogP contribution in [0.4, 0.5) is 0 Å². The molecular weight excluding hydrogens is 272 g/mol. The zero-order valence-electron chi connectivity index (χ0n) is 14.4. The molecule has 0 N–H and O–H groups in total. The molecule has 0 aliphatic carbocycles. The van der Waals surface area contributed by atoms with E-state index in [4.69, 9.17) is 14.2 Å². The Morgan fingerprint density at radius 3 is 2.14 bits per heavy atom. The Morgan fingerprint density at radius 1 is 1.10 bits per heavy atom. The molecular formula is C16H30O5. The van der Waals surface area contributed by atoms with E-state index in [1.807, 2.05) is 41.5 Å². The van der Waals surface area contributed by atoms with Gasteiger partial charge >= 0.3 is 11.9 Å². The van der Waals surface area contributed by atoms with Crippen molar-refractivity contribution in [2.75, 3.05) is 13.2 Å². The molecule has 0 aromatic heterocycles. The van der Waals surface area contributed by atoms with E-state index in [9.17, 15) is 9.59 Å². The Kier molecular flexibility index (Phi) is 7.93. The summed E-state index contributed by atoms with van der Waals surface area (Å²) >= 11 is 0. The van der Waals surface area contributed by atoms with Gasteiger partial charge < -0.3 is 14.2 Å². The molecule has 0 fully saturated rings. The molecule has 5 heteroatoms. The molecule has 21 heavy (non-hydrogen) atoms. The predicted molar refractivity (Wildman–Crippen MR) is 80.9 cm³/mol. The van der Waals surface area contributed by atoms with Crippen molar-refractivity contribution in [1.29, 1.82) is 0 Å². The fraction of sp³-hybridized carbons (Fsp3) is 0.875. The quantitative estimate of drug-likeness (QED) is 0.612. The monoisotopic (exact) mass is 302 g/mol. The van der Waals surface area contributed by atoms with Gasteiger partial charge in [-0.3, -0.25) is 9.59 Å². The van der Waals surface area contributed by atoms with Gasteiger partial charge in [-0.05, 0) is 54.9 Å². The van der Waals surface area contributed by atoms with E-state index < -0.39 is 11.0 Å². The standard InChI is InChI=1S/C16H30O5/c1-8-19-14(18)15(4,5)9-10-20-16(6,7)11-13(17)21-12(2)3/h12H,8-11H2,1-7H3. The lowest BCUT2D eigenvalue weighted by Gasteiger charge is -2.28. The van der Waals surface area contributed by atoms with Crippen LogP contribution in [0.3, 0.4) is 0 Å². The van der Waals surface area contributed by atoms with Crippen LogP contribution >= 0.6 is 0 Å². The van der Waals surface area contributed by atoms with E-state index in [1.165, 1.54) is 0 Å². The average Bonchev–Trinajstić information content (AvgIpc) is 2.26. The Bertz CT molecular complexity index is 345. The SMILES string of the molecule is CCOC(=O)C(C)(C)CCOC(C)(C)CC(=O)OC(C)C. The van der Waals surface area contributed by atoms with E-state index in [2.05, 4.69) is 0 Å². The van der Waals surface area contributed by atoms with Gasteiger partial charge in [-0.25, -0.2) is 0 Å². The average molecular weight is 302 g/mol. The first kappa shape index (κ1) is 19.9. The maximum atomic E-state index is 11.8. The molecule has 5 nitrogen and oxygen atoms in total. The van der Waals surface area contributed by atoms with Gasteiger partial charge in [0.25, 0.3) is 0 Å². The number of carbonyl (C=O) groups excluding carboxylic acids is 2. The summed E-state index contributed by atoms with van der Waals surface area (Å²) in [4.78, 5) is 23.4. The second-order valence-corrected chi connectivity index (χ2v) is 6.68. The molecule has 124 valence electrons. The number of hydrogen-bond donors (Lipinski definition) is 0. The number of esters is 2. The smallest absolute Gasteiger partial charge is 0.311 e. The minimum Gasteiger partial charge on any atom is -0.466 e. The van der Waals surface area contributed by atoms with Crippen LogP contribution in [0.15, 0.2) is 0 Å². The highest BCUT2D eigenvalue weighted by molar-refractivity contribution is 5.75. The highest BCUT2D eigenvalue weighted by Gasteiger charge is 2.31. The molecule has 0 spiro atoms. The number of hydrogen-bond acceptors (Lipinski definition) is 5. The van der Waals surface area contributed by atoms with E-state index in [1.54, 1.807) is 6.92 Å². The van der Waals surface area contributed by atoms with Crippen molar-refractivity contribution < 1.29 is 23.8 Å². The summed E-state index contributed by atoms with van der Waals surface area (Å²) in [5.41, 5.74) is -1.21. The lowest BCUT2D eigenvalue weighted by atomic mass is 9.90. The third kappa shape index (κ3) is 8.71. The van der Waals surface area contributed by atoms with Gasteiger partial charge in [0.15, 0.2) is 0 Å². The maximum Gasteiger partial charge on any atom is 0.311 e. The summed E-state index contributed by atoms with van der Waals surface area (Å²) in [5, 5.41) is 0. The molecule has 0 heterocycles. The minimum atomic E-state index is -0.614. The van der Waals surface area contributed by atoms with Gasteiger partial charge in [0.1, 0.15) is 0 Å². The van der Waals surface area contributed by atoms with Gasteiger partial charge in [0, 0.05) is 6.61 Å². The molecule has 0 radical (unpaired) electrons. The third-order valence-corrected chi connectivity index (χ3v) is 2.99. The molecule has 0 aromatic rings. The normalized spacial score (nSPS) is 12.4. The first-order valence-electron chi connectivity index (χ1n) is 7.51. The van der Waals surface area contributed by atoms with Crippen LogP contribution in [0.1, 0.15) is 61.3 Å². The zero-order chi connectivity index (χ0) is 16.7. The lowest BCUT2D eigenvalue weighted by Crippen LogP contribution is -2.33. The van der Waals surface area contributed by atoms with Crippen LogP contribution in [0.25, 0.3) is 0 Å². The summed E-state index contributed by atoms with van der Waals surface area (Å²) < 4.78 is 15.9. The van der Waals surface area contributed by atoms with Gasteiger partial charge in [0.05, 0.1) is 30.1 Å². The van der Waals surface area contributed by atoms with Crippen molar-refractivity contribution in [2.24, 2.45) is 5.41 Å². The largest absolute Gasteiger partial charge is 0.466 e. The van der Waals surface area contributed by atoms with Gasteiger partial charge in [-0.1, -0.05) is 0 Å². The highest BCUT2D eigenvalue weighted by Crippen LogP contribution is 2.24. The van der Waals surface area contributed by atoms with Crippen LogP contribution in [-0.4, -0.2) is 36.9 Å². The molecule has 0 saturated carbocycles. The Balaban J connectivity index is 4.25. The van der Waals surface area contributed by atoms with Crippen molar-refractivity contribution in [3.05, 3.63) is 0 Å². The number of rotatable bonds is 9. The third-order valence-electron chi connectivity index (χ3n) is 2.99. The van der Waals surface area contributed by atoms with Crippen molar-refractivity contribution in [2.45, 2.75) is 73.0 Å². The summed E-state index contributed by atoms with van der Waals surface area (Å²) in [6.45, 7) is 13.5. The van der Waals surface area contributed by atoms with E-state index >= 15 is 0 Å². The topological polar surface area (TPSA) is 61.8 Å². The number of ether oxygens (including phenoxy) is 3. The second kappa shape index (κ2) is 8.37. The minimum absolute atomic E-state index is 0.129. The van der Waals surface area contributed by atoms with Crippen LogP contribution in [0, 0.1) is 5.41 Å². The number of carbonyl (C=O) groups is 2. The first-order valence-corrected chi connectivity index (χ1v) is 7.51. The molecule has 0 bridgehead atoms. The van der Waals surface area contributed by atoms with E-state index in [-0.39, 0.29) is 24.5 Å². The molecule has 0 atom stereocenters. The van der Waals surface area contributed by atoms with Crippen LogP contribution < -0.4 is 0 Å². The fourth-order valence-electron chi connectivity index (χ4n) is 1.71. The molecule has 0 amide bonds. The fourth-order valence-corrected chi connectivity index (χ4v) is 1.71. The molecule has 0 aromatic carbocycles. The molecule has 0 aliphatic heterocycles. The first-order chi connectivity index (χ1) is 9.50. The Morgan fingerprint density at radius 2 is 1.67 bits per heavy atom. The molecule has 0 aliphatic rings. The van der Waals surface area contributed by atoms with Gasteiger partial charge in [0.2, 0.25) is 0 Å². The second-order valence-electron chi connectivity index (χ2n) is 6.68. The summed E-state index contributed by atoms with van der Waals surface area (Å²) in [6, 6.07) is 0. The van der Waals surface area contributed by atoms with Gasteiger partial charge in [-0.2, -0.15) is 0 Å². The molecule has 0 unspecified atom stereocenters. The van der Waals surface area contributed by atoms with Crippen molar-refractivity contribution in [3.8, 4) is 0 Å². The van der Waals surface area contributed by atoms with Crippen LogP contribution in [-0.2, 0) is 23.8 Å². The van der Waals surface area contributed by atoms with Crippen molar-refractivity contribution in [1.82, 2.24) is 0 Å². The molecule has 0 saturated heterocycles. The Hall–Kier alpha value is -1.10. The van der Waals surface area contributed by atoms with Crippen molar-refractivity contribution >= 4 is 11.9 Å².